The first-order chi connectivity index (χ1) is 11.6. The molecular weight excluding hydrogens is 306 g/mol. The van der Waals surface area contributed by atoms with Gasteiger partial charge in [-0.15, -0.1) is 0 Å². The van der Waals surface area contributed by atoms with Gasteiger partial charge in [0.2, 0.25) is 5.91 Å². The summed E-state index contributed by atoms with van der Waals surface area (Å²) in [6, 6.07) is 9.79. The number of hydrogen-bond acceptors (Lipinski definition) is 4. The minimum atomic E-state index is -0.557. The molecule has 1 saturated heterocycles. The summed E-state index contributed by atoms with van der Waals surface area (Å²) >= 11 is 0. The van der Waals surface area contributed by atoms with Crippen LogP contribution < -0.4 is 0 Å². The standard InChI is InChI=1S/C18H21N3O3/c1-12-15(8-19)14-4-2-3-5-16(14)21(12)10-18(24)20-7-6-17(23)13(9-20)11-22/h2-5,13,17,22-23H,6-7,9-11H2,1H3/t13-,17-/m0/s1. The normalized spacial score (nSPS) is 21.0. The molecule has 126 valence electrons. The maximum atomic E-state index is 12.7. The number of hydrogen-bond donors (Lipinski definition) is 2. The second-order valence-electron chi connectivity index (χ2n) is 6.31. The molecule has 0 spiro atoms. The number of fused-ring (bicyclic) bond motifs is 1. The van der Waals surface area contributed by atoms with Crippen LogP contribution in [0.3, 0.4) is 0 Å². The van der Waals surface area contributed by atoms with Gasteiger partial charge in [0.15, 0.2) is 0 Å². The molecule has 1 aromatic heterocycles. The predicted octanol–water partition coefficient (Wildman–Crippen LogP) is 1.02. The van der Waals surface area contributed by atoms with Crippen molar-refractivity contribution in [3.8, 4) is 6.07 Å². The first-order valence-electron chi connectivity index (χ1n) is 8.11. The van der Waals surface area contributed by atoms with Gasteiger partial charge in [0.25, 0.3) is 0 Å². The number of likely N-dealkylation sites (tertiary alicyclic amines) is 1. The van der Waals surface area contributed by atoms with Gasteiger partial charge in [0, 0.05) is 30.1 Å². The molecule has 1 amide bonds. The van der Waals surface area contributed by atoms with Gasteiger partial charge in [-0.3, -0.25) is 4.79 Å². The number of piperidine rings is 1. The molecular formula is C18H21N3O3. The molecule has 2 heterocycles. The number of carbonyl (C=O) groups excluding carboxylic acids is 1. The minimum absolute atomic E-state index is 0.0614. The Morgan fingerprint density at radius 2 is 2.17 bits per heavy atom. The molecule has 2 N–H and O–H groups in total. The van der Waals surface area contributed by atoms with Crippen LogP contribution in [0.1, 0.15) is 17.7 Å². The molecule has 1 aliphatic heterocycles. The van der Waals surface area contributed by atoms with Crippen LogP contribution in [0, 0.1) is 24.2 Å². The van der Waals surface area contributed by atoms with Gasteiger partial charge in [-0.2, -0.15) is 5.26 Å². The van der Waals surface area contributed by atoms with Crippen molar-refractivity contribution in [2.24, 2.45) is 5.92 Å². The number of aliphatic hydroxyl groups excluding tert-OH is 2. The molecule has 1 fully saturated rings. The van der Waals surface area contributed by atoms with Crippen molar-refractivity contribution in [3.63, 3.8) is 0 Å². The number of aliphatic hydroxyl groups is 2. The van der Waals surface area contributed by atoms with Crippen LogP contribution in [0.4, 0.5) is 0 Å². The average molecular weight is 327 g/mol. The lowest BCUT2D eigenvalue weighted by atomic mass is 9.95. The van der Waals surface area contributed by atoms with Gasteiger partial charge >= 0.3 is 0 Å². The number of nitriles is 1. The van der Waals surface area contributed by atoms with Crippen LogP contribution in [0.15, 0.2) is 24.3 Å². The molecule has 0 unspecified atom stereocenters. The summed E-state index contributed by atoms with van der Waals surface area (Å²) in [4.78, 5) is 14.4. The second-order valence-corrected chi connectivity index (χ2v) is 6.31. The van der Waals surface area contributed by atoms with Crippen molar-refractivity contribution in [1.82, 2.24) is 9.47 Å². The second kappa shape index (κ2) is 6.63. The molecule has 6 heteroatoms. The highest BCUT2D eigenvalue weighted by molar-refractivity contribution is 5.89. The SMILES string of the molecule is Cc1c(C#N)c2ccccc2n1CC(=O)N1CC[C@H](O)[C@H](CO)C1. The highest BCUT2D eigenvalue weighted by Gasteiger charge is 2.30. The van der Waals surface area contributed by atoms with Crippen molar-refractivity contribution < 1.29 is 15.0 Å². The lowest BCUT2D eigenvalue weighted by Gasteiger charge is -2.35. The van der Waals surface area contributed by atoms with Crippen LogP contribution in [0.2, 0.25) is 0 Å². The van der Waals surface area contributed by atoms with E-state index in [0.717, 1.165) is 16.6 Å². The molecule has 3 rings (SSSR count). The van der Waals surface area contributed by atoms with Crippen LogP contribution in [0.25, 0.3) is 10.9 Å². The fraction of sp³-hybridized carbons (Fsp3) is 0.444. The van der Waals surface area contributed by atoms with Gasteiger partial charge in [-0.1, -0.05) is 18.2 Å². The van der Waals surface area contributed by atoms with E-state index in [-0.39, 0.29) is 25.0 Å². The molecule has 2 aromatic rings. The maximum absolute atomic E-state index is 12.7. The van der Waals surface area contributed by atoms with Gasteiger partial charge in [-0.05, 0) is 19.4 Å². The molecule has 0 radical (unpaired) electrons. The Balaban J connectivity index is 1.87. The van der Waals surface area contributed by atoms with Crippen molar-refractivity contribution in [2.75, 3.05) is 19.7 Å². The van der Waals surface area contributed by atoms with Crippen LogP contribution in [-0.4, -0.2) is 51.4 Å². The van der Waals surface area contributed by atoms with E-state index < -0.39 is 6.10 Å². The van der Waals surface area contributed by atoms with Crippen molar-refractivity contribution in [2.45, 2.75) is 26.0 Å². The number of benzene rings is 1. The lowest BCUT2D eigenvalue weighted by Crippen LogP contribution is -2.48. The minimum Gasteiger partial charge on any atom is -0.396 e. The van der Waals surface area contributed by atoms with E-state index in [1.54, 1.807) is 4.90 Å². The van der Waals surface area contributed by atoms with E-state index in [1.165, 1.54) is 0 Å². The topological polar surface area (TPSA) is 89.5 Å². The fourth-order valence-corrected chi connectivity index (χ4v) is 3.44. The Morgan fingerprint density at radius 3 is 2.88 bits per heavy atom. The van der Waals surface area contributed by atoms with Crippen LogP contribution in [0.5, 0.6) is 0 Å². The van der Waals surface area contributed by atoms with E-state index >= 15 is 0 Å². The number of carbonyl (C=O) groups is 1. The van der Waals surface area contributed by atoms with Crippen molar-refractivity contribution >= 4 is 16.8 Å². The number of para-hydroxylation sites is 1. The zero-order chi connectivity index (χ0) is 17.3. The number of rotatable bonds is 3. The largest absolute Gasteiger partial charge is 0.396 e. The predicted molar refractivity (Wildman–Crippen MR) is 89.2 cm³/mol. The van der Waals surface area contributed by atoms with E-state index in [4.69, 9.17) is 0 Å². The molecule has 2 atom stereocenters. The third-order valence-corrected chi connectivity index (χ3v) is 4.92. The molecule has 0 bridgehead atoms. The zero-order valence-electron chi connectivity index (χ0n) is 13.6. The van der Waals surface area contributed by atoms with Gasteiger partial charge < -0.3 is 19.7 Å². The van der Waals surface area contributed by atoms with Gasteiger partial charge in [0.1, 0.15) is 12.6 Å². The highest BCUT2D eigenvalue weighted by atomic mass is 16.3. The Morgan fingerprint density at radius 1 is 1.42 bits per heavy atom. The van der Waals surface area contributed by atoms with Crippen LogP contribution >= 0.6 is 0 Å². The summed E-state index contributed by atoms with van der Waals surface area (Å²) < 4.78 is 1.87. The third kappa shape index (κ3) is 2.77. The third-order valence-electron chi connectivity index (χ3n) is 4.92. The molecule has 1 aromatic carbocycles. The highest BCUT2D eigenvalue weighted by Crippen LogP contribution is 2.25. The first kappa shape index (κ1) is 16.5. The van der Waals surface area contributed by atoms with E-state index in [9.17, 15) is 20.3 Å². The zero-order valence-corrected chi connectivity index (χ0v) is 13.6. The Bertz CT molecular complexity index is 806. The number of nitrogens with zero attached hydrogens (tertiary/aromatic N) is 3. The maximum Gasteiger partial charge on any atom is 0.242 e. The monoisotopic (exact) mass is 327 g/mol. The van der Waals surface area contributed by atoms with Gasteiger partial charge in [-0.25, -0.2) is 0 Å². The number of amides is 1. The Labute approximate surface area is 140 Å². The molecule has 1 aliphatic rings. The average Bonchev–Trinajstić information content (AvgIpc) is 2.87. The summed E-state index contributed by atoms with van der Waals surface area (Å²) in [6.07, 6.45) is -0.0791. The number of aromatic nitrogens is 1. The lowest BCUT2D eigenvalue weighted by molar-refractivity contribution is -0.136. The summed E-state index contributed by atoms with van der Waals surface area (Å²) in [6.45, 7) is 2.72. The summed E-state index contributed by atoms with van der Waals surface area (Å²) in [5, 5.41) is 29.4. The quantitative estimate of drug-likeness (QED) is 0.881. The summed E-state index contributed by atoms with van der Waals surface area (Å²) in [7, 11) is 0. The van der Waals surface area contributed by atoms with E-state index in [0.29, 0.717) is 25.1 Å². The summed E-state index contributed by atoms with van der Waals surface area (Å²) in [5.41, 5.74) is 2.25. The van der Waals surface area contributed by atoms with Crippen molar-refractivity contribution in [1.29, 1.82) is 5.26 Å². The smallest absolute Gasteiger partial charge is 0.242 e. The fourth-order valence-electron chi connectivity index (χ4n) is 3.44. The molecule has 0 saturated carbocycles. The van der Waals surface area contributed by atoms with E-state index in [2.05, 4.69) is 6.07 Å². The Hall–Kier alpha value is -2.36. The molecule has 0 aliphatic carbocycles. The van der Waals surface area contributed by atoms with Gasteiger partial charge in [0.05, 0.1) is 23.8 Å². The van der Waals surface area contributed by atoms with E-state index in [1.807, 2.05) is 35.8 Å². The molecule has 6 nitrogen and oxygen atoms in total. The van der Waals surface area contributed by atoms with Crippen LogP contribution in [-0.2, 0) is 11.3 Å². The summed E-state index contributed by atoms with van der Waals surface area (Å²) in [5.74, 6) is -0.353. The first-order valence-corrected chi connectivity index (χ1v) is 8.11. The van der Waals surface area contributed by atoms with Crippen molar-refractivity contribution in [3.05, 3.63) is 35.5 Å². The Kier molecular flexibility index (Phi) is 4.56. The molecule has 24 heavy (non-hydrogen) atoms.